The highest BCUT2D eigenvalue weighted by molar-refractivity contribution is 5.90. The van der Waals surface area contributed by atoms with E-state index in [0.717, 1.165) is 35.1 Å². The summed E-state index contributed by atoms with van der Waals surface area (Å²) in [4.78, 5) is 37.1. The van der Waals surface area contributed by atoms with Gasteiger partial charge in [0, 0.05) is 5.92 Å². The van der Waals surface area contributed by atoms with Gasteiger partial charge in [-0.15, -0.1) is 0 Å². The van der Waals surface area contributed by atoms with E-state index in [2.05, 4.69) is 22.8 Å². The fourth-order valence-corrected chi connectivity index (χ4v) is 4.52. The monoisotopic (exact) mass is 450 g/mol. The van der Waals surface area contributed by atoms with Crippen LogP contribution in [0.1, 0.15) is 50.2 Å². The third-order valence-corrected chi connectivity index (χ3v) is 6.77. The average Bonchev–Trinajstić information content (AvgIpc) is 3.61. The van der Waals surface area contributed by atoms with E-state index in [-0.39, 0.29) is 24.4 Å². The van der Waals surface area contributed by atoms with Crippen molar-refractivity contribution < 1.29 is 24.2 Å². The zero-order chi connectivity index (χ0) is 23.5. The number of rotatable bonds is 9. The molecular weight excluding hydrogens is 420 g/mol. The van der Waals surface area contributed by atoms with Gasteiger partial charge in [-0.05, 0) is 46.9 Å². The number of hydrogen-bond donors (Lipinski definition) is 3. The standard InChI is InChI=1S/C26H30N2O5/c1-3-15(2)22(25(30)31)27-24(29)23(16-12-13-16)28-26(32)33-14-21-19-10-6-4-8-17(19)18-9-5-7-11-20(18)21/h4-11,15-16,21-23H,3,12-14H2,1-2H3,(H,27,29)(H,28,32)(H,30,31)/t15?,22-,23?/m0/s1. The summed E-state index contributed by atoms with van der Waals surface area (Å²) in [7, 11) is 0. The number of carboxylic acid groups (broad SMARTS) is 1. The lowest BCUT2D eigenvalue weighted by Gasteiger charge is -2.24. The molecule has 0 aliphatic heterocycles. The maximum Gasteiger partial charge on any atom is 0.407 e. The molecule has 174 valence electrons. The Morgan fingerprint density at radius 1 is 1.00 bits per heavy atom. The van der Waals surface area contributed by atoms with Crippen LogP contribution in [0.25, 0.3) is 11.1 Å². The van der Waals surface area contributed by atoms with Gasteiger partial charge in [-0.3, -0.25) is 4.79 Å². The molecular formula is C26H30N2O5. The molecule has 0 aromatic heterocycles. The van der Waals surface area contributed by atoms with Gasteiger partial charge in [0.2, 0.25) is 5.91 Å². The van der Waals surface area contributed by atoms with Gasteiger partial charge in [-0.2, -0.15) is 0 Å². The number of benzene rings is 2. The van der Waals surface area contributed by atoms with Crippen molar-refractivity contribution in [3.05, 3.63) is 59.7 Å². The summed E-state index contributed by atoms with van der Waals surface area (Å²) in [5.74, 6) is -1.84. The van der Waals surface area contributed by atoms with E-state index in [1.807, 2.05) is 43.3 Å². The fraction of sp³-hybridized carbons (Fsp3) is 0.423. The molecule has 7 heteroatoms. The molecule has 3 N–H and O–H groups in total. The highest BCUT2D eigenvalue weighted by atomic mass is 16.5. The molecule has 4 rings (SSSR count). The van der Waals surface area contributed by atoms with Crippen molar-refractivity contribution in [3.8, 4) is 11.1 Å². The van der Waals surface area contributed by atoms with Crippen molar-refractivity contribution in [3.63, 3.8) is 0 Å². The minimum absolute atomic E-state index is 0.00291. The predicted octanol–water partition coefficient (Wildman–Crippen LogP) is 3.92. The van der Waals surface area contributed by atoms with Gasteiger partial charge in [-0.25, -0.2) is 9.59 Å². The molecule has 3 atom stereocenters. The molecule has 2 unspecified atom stereocenters. The average molecular weight is 451 g/mol. The molecule has 2 aliphatic rings. The molecule has 2 aromatic rings. The normalized spacial score (nSPS) is 17.3. The number of nitrogens with one attached hydrogen (secondary N) is 2. The molecule has 0 radical (unpaired) electrons. The van der Waals surface area contributed by atoms with Gasteiger partial charge in [0.15, 0.2) is 0 Å². The Bertz CT molecular complexity index is 1000. The van der Waals surface area contributed by atoms with Crippen LogP contribution >= 0.6 is 0 Å². The van der Waals surface area contributed by atoms with Crippen molar-refractivity contribution in [2.24, 2.45) is 11.8 Å². The van der Waals surface area contributed by atoms with Crippen molar-refractivity contribution in [2.45, 2.75) is 51.1 Å². The number of carbonyl (C=O) groups excluding carboxylic acids is 2. The highest BCUT2D eigenvalue weighted by Gasteiger charge is 2.40. The lowest BCUT2D eigenvalue weighted by atomic mass is 9.98. The number of aliphatic carboxylic acids is 1. The van der Waals surface area contributed by atoms with Crippen molar-refractivity contribution >= 4 is 18.0 Å². The zero-order valence-corrected chi connectivity index (χ0v) is 18.9. The van der Waals surface area contributed by atoms with E-state index in [9.17, 15) is 19.5 Å². The Balaban J connectivity index is 1.40. The lowest BCUT2D eigenvalue weighted by molar-refractivity contribution is -0.143. The van der Waals surface area contributed by atoms with Crippen molar-refractivity contribution in [1.82, 2.24) is 10.6 Å². The van der Waals surface area contributed by atoms with Crippen LogP contribution in [0, 0.1) is 11.8 Å². The summed E-state index contributed by atoms with van der Waals surface area (Å²) in [5.41, 5.74) is 4.51. The Morgan fingerprint density at radius 3 is 2.09 bits per heavy atom. The molecule has 1 saturated carbocycles. The minimum atomic E-state index is -1.08. The van der Waals surface area contributed by atoms with Crippen LogP contribution in [-0.4, -0.2) is 41.8 Å². The van der Waals surface area contributed by atoms with Gasteiger partial charge in [0.1, 0.15) is 18.7 Å². The molecule has 1 fully saturated rings. The quantitative estimate of drug-likeness (QED) is 0.537. The molecule has 2 aliphatic carbocycles. The van der Waals surface area contributed by atoms with Gasteiger partial charge in [-0.1, -0.05) is 68.8 Å². The topological polar surface area (TPSA) is 105 Å². The fourth-order valence-electron chi connectivity index (χ4n) is 4.52. The van der Waals surface area contributed by atoms with Gasteiger partial charge in [0.25, 0.3) is 0 Å². The Morgan fingerprint density at radius 2 is 1.58 bits per heavy atom. The first-order valence-electron chi connectivity index (χ1n) is 11.5. The number of alkyl carbamates (subject to hydrolysis) is 1. The number of hydrogen-bond acceptors (Lipinski definition) is 4. The van der Waals surface area contributed by atoms with Crippen LogP contribution in [-0.2, 0) is 14.3 Å². The van der Waals surface area contributed by atoms with Crippen LogP contribution in [0.4, 0.5) is 4.79 Å². The predicted molar refractivity (Wildman–Crippen MR) is 124 cm³/mol. The van der Waals surface area contributed by atoms with Gasteiger partial charge in [0.05, 0.1) is 0 Å². The summed E-state index contributed by atoms with van der Waals surface area (Å²) >= 11 is 0. The van der Waals surface area contributed by atoms with Crippen LogP contribution in [0.15, 0.2) is 48.5 Å². The first-order chi connectivity index (χ1) is 15.9. The van der Waals surface area contributed by atoms with E-state index in [1.54, 1.807) is 6.92 Å². The number of carbonyl (C=O) groups is 3. The molecule has 33 heavy (non-hydrogen) atoms. The second-order valence-corrected chi connectivity index (χ2v) is 9.00. The molecule has 7 nitrogen and oxygen atoms in total. The summed E-state index contributed by atoms with van der Waals surface area (Å²) in [6.07, 6.45) is 1.57. The van der Waals surface area contributed by atoms with Crippen LogP contribution in [0.5, 0.6) is 0 Å². The third-order valence-electron chi connectivity index (χ3n) is 6.77. The number of fused-ring (bicyclic) bond motifs is 3. The molecule has 0 heterocycles. The van der Waals surface area contributed by atoms with Crippen molar-refractivity contribution in [1.29, 1.82) is 0 Å². The highest BCUT2D eigenvalue weighted by Crippen LogP contribution is 2.44. The van der Waals surface area contributed by atoms with E-state index in [1.165, 1.54) is 0 Å². The number of ether oxygens (including phenoxy) is 1. The van der Waals surface area contributed by atoms with Crippen LogP contribution < -0.4 is 10.6 Å². The zero-order valence-electron chi connectivity index (χ0n) is 18.9. The summed E-state index contributed by atoms with van der Waals surface area (Å²) in [6.45, 7) is 3.81. The molecule has 0 saturated heterocycles. The van der Waals surface area contributed by atoms with E-state index >= 15 is 0 Å². The smallest absolute Gasteiger partial charge is 0.407 e. The molecule has 0 spiro atoms. The van der Waals surface area contributed by atoms with E-state index < -0.39 is 30.1 Å². The maximum absolute atomic E-state index is 12.8. The van der Waals surface area contributed by atoms with E-state index in [4.69, 9.17) is 4.74 Å². The summed E-state index contributed by atoms with van der Waals surface area (Å²) in [6, 6.07) is 14.4. The van der Waals surface area contributed by atoms with E-state index in [0.29, 0.717) is 6.42 Å². The first-order valence-corrected chi connectivity index (χ1v) is 11.5. The Hall–Kier alpha value is -3.35. The summed E-state index contributed by atoms with van der Waals surface area (Å²) < 4.78 is 5.57. The third kappa shape index (κ3) is 4.87. The number of amides is 2. The SMILES string of the molecule is CCC(C)[C@H](NC(=O)C(NC(=O)OCC1c2ccccc2-c2ccccc21)C1CC1)C(=O)O. The Kier molecular flexibility index (Phi) is 6.67. The number of carboxylic acids is 1. The van der Waals surface area contributed by atoms with Crippen LogP contribution in [0.2, 0.25) is 0 Å². The van der Waals surface area contributed by atoms with Gasteiger partial charge < -0.3 is 20.5 Å². The Labute approximate surface area is 193 Å². The molecule has 2 aromatic carbocycles. The summed E-state index contributed by atoms with van der Waals surface area (Å²) in [5, 5.41) is 14.8. The second kappa shape index (κ2) is 9.65. The second-order valence-electron chi connectivity index (χ2n) is 9.00. The van der Waals surface area contributed by atoms with Gasteiger partial charge >= 0.3 is 12.1 Å². The van der Waals surface area contributed by atoms with Crippen LogP contribution in [0.3, 0.4) is 0 Å². The molecule has 0 bridgehead atoms. The molecule has 2 amide bonds. The lowest BCUT2D eigenvalue weighted by Crippen LogP contribution is -2.54. The van der Waals surface area contributed by atoms with Crippen molar-refractivity contribution in [2.75, 3.05) is 6.61 Å². The maximum atomic E-state index is 12.8. The largest absolute Gasteiger partial charge is 0.480 e. The minimum Gasteiger partial charge on any atom is -0.480 e. The first kappa shape index (κ1) is 22.8.